The Bertz CT molecular complexity index is 532. The number of ether oxygens (including phenoxy) is 1. The van der Waals surface area contributed by atoms with Gasteiger partial charge in [-0.05, 0) is 19.3 Å². The number of hydrogen-bond donors (Lipinski definition) is 2. The second kappa shape index (κ2) is 10.6. The van der Waals surface area contributed by atoms with Gasteiger partial charge in [0.15, 0.2) is 11.7 Å². The number of halogens is 3. The highest BCUT2D eigenvalue weighted by Crippen LogP contribution is 2.29. The number of nitrogens with zero attached hydrogens (tertiary/aromatic N) is 2. The molecule has 0 radical (unpaired) electrons. The average molecular weight is 380 g/mol. The lowest BCUT2D eigenvalue weighted by Crippen LogP contribution is -2.40. The molecule has 0 saturated carbocycles. The summed E-state index contributed by atoms with van der Waals surface area (Å²) in [7, 11) is 1.66. The predicted molar refractivity (Wildman–Crippen MR) is 95.1 cm³/mol. The van der Waals surface area contributed by atoms with E-state index in [0.717, 1.165) is 23.1 Å². The lowest BCUT2D eigenvalue weighted by molar-refractivity contribution is -0.140. The van der Waals surface area contributed by atoms with Crippen molar-refractivity contribution in [2.75, 3.05) is 26.7 Å². The molecule has 0 aliphatic heterocycles. The van der Waals surface area contributed by atoms with E-state index in [2.05, 4.69) is 34.5 Å². The molecular weight excluding hydrogens is 353 g/mol. The number of guanidine groups is 1. The molecule has 2 N–H and O–H groups in total. The van der Waals surface area contributed by atoms with Gasteiger partial charge in [0.2, 0.25) is 0 Å². The molecule has 25 heavy (non-hydrogen) atoms. The van der Waals surface area contributed by atoms with Gasteiger partial charge in [0, 0.05) is 38.5 Å². The zero-order valence-corrected chi connectivity index (χ0v) is 15.9. The van der Waals surface area contributed by atoms with Crippen LogP contribution < -0.4 is 10.6 Å². The van der Waals surface area contributed by atoms with Crippen molar-refractivity contribution in [1.29, 1.82) is 0 Å². The van der Waals surface area contributed by atoms with E-state index in [1.54, 1.807) is 7.05 Å². The maximum atomic E-state index is 12.5. The first-order valence-corrected chi connectivity index (χ1v) is 9.23. The standard InChI is InChI=1S/C16H27F3N4OS/c1-5-24-12(11(2)3)6-8-21-15(20-4)22-9-7-14-23-13(10-25-14)16(17,18)19/h10-12H,5-9H2,1-4H3,(H2,20,21,22). The highest BCUT2D eigenvalue weighted by atomic mass is 32.1. The average Bonchev–Trinajstić information content (AvgIpc) is 3.01. The van der Waals surface area contributed by atoms with Gasteiger partial charge in [0.05, 0.1) is 11.1 Å². The van der Waals surface area contributed by atoms with Gasteiger partial charge >= 0.3 is 6.18 Å². The van der Waals surface area contributed by atoms with Crippen LogP contribution in [0.2, 0.25) is 0 Å². The molecule has 0 aliphatic carbocycles. The fourth-order valence-electron chi connectivity index (χ4n) is 2.22. The molecule has 1 aromatic heterocycles. The minimum Gasteiger partial charge on any atom is -0.378 e. The van der Waals surface area contributed by atoms with Gasteiger partial charge in [-0.3, -0.25) is 4.99 Å². The van der Waals surface area contributed by atoms with Crippen molar-refractivity contribution >= 4 is 17.3 Å². The second-order valence-corrected chi connectivity index (χ2v) is 6.77. The van der Waals surface area contributed by atoms with Crippen molar-refractivity contribution in [3.05, 3.63) is 16.1 Å². The first-order chi connectivity index (χ1) is 11.8. The SMILES string of the molecule is CCOC(CCNC(=NC)NCCc1nc(C(F)(F)F)cs1)C(C)C. The third-order valence-electron chi connectivity index (χ3n) is 3.54. The van der Waals surface area contributed by atoms with E-state index in [-0.39, 0.29) is 6.10 Å². The zero-order valence-electron chi connectivity index (χ0n) is 15.1. The monoisotopic (exact) mass is 380 g/mol. The molecule has 0 spiro atoms. The van der Waals surface area contributed by atoms with Crippen LogP contribution in [0.5, 0.6) is 0 Å². The molecule has 1 rings (SSSR count). The van der Waals surface area contributed by atoms with Gasteiger partial charge < -0.3 is 15.4 Å². The van der Waals surface area contributed by atoms with Gasteiger partial charge in [-0.1, -0.05) is 13.8 Å². The number of thiazole rings is 1. The van der Waals surface area contributed by atoms with Crippen LogP contribution >= 0.6 is 11.3 Å². The molecule has 144 valence electrons. The van der Waals surface area contributed by atoms with E-state index in [0.29, 0.717) is 43.0 Å². The van der Waals surface area contributed by atoms with Crippen LogP contribution in [0.3, 0.4) is 0 Å². The van der Waals surface area contributed by atoms with Gasteiger partial charge in [0.1, 0.15) is 0 Å². The number of aromatic nitrogens is 1. The molecule has 9 heteroatoms. The number of hydrogen-bond acceptors (Lipinski definition) is 4. The maximum absolute atomic E-state index is 12.5. The van der Waals surface area contributed by atoms with Crippen LogP contribution in [0.15, 0.2) is 10.4 Å². The Balaban J connectivity index is 2.34. The molecule has 1 heterocycles. The van der Waals surface area contributed by atoms with E-state index in [4.69, 9.17) is 4.74 Å². The molecule has 1 aromatic rings. The molecule has 0 bridgehead atoms. The quantitative estimate of drug-likeness (QED) is 0.510. The highest BCUT2D eigenvalue weighted by molar-refractivity contribution is 7.09. The summed E-state index contributed by atoms with van der Waals surface area (Å²) in [5.41, 5.74) is -0.828. The molecule has 0 aliphatic rings. The third kappa shape index (κ3) is 8.04. The Hall–Kier alpha value is -1.35. The molecule has 0 fully saturated rings. The summed E-state index contributed by atoms with van der Waals surface area (Å²) in [6.45, 7) is 8.07. The van der Waals surface area contributed by atoms with Crippen LogP contribution in [0, 0.1) is 5.92 Å². The maximum Gasteiger partial charge on any atom is 0.434 e. The van der Waals surface area contributed by atoms with E-state index in [1.165, 1.54) is 0 Å². The molecule has 0 amide bonds. The van der Waals surface area contributed by atoms with E-state index in [1.807, 2.05) is 6.92 Å². The lowest BCUT2D eigenvalue weighted by atomic mass is 10.0. The summed E-state index contributed by atoms with van der Waals surface area (Å²) in [6.07, 6.45) is -2.93. The van der Waals surface area contributed by atoms with Crippen LogP contribution in [-0.4, -0.2) is 43.8 Å². The molecule has 1 atom stereocenters. The van der Waals surface area contributed by atoms with Crippen molar-refractivity contribution in [1.82, 2.24) is 15.6 Å². The summed E-state index contributed by atoms with van der Waals surface area (Å²) < 4.78 is 43.2. The Morgan fingerprint density at radius 3 is 2.52 bits per heavy atom. The molecule has 0 saturated heterocycles. The fraction of sp³-hybridized carbons (Fsp3) is 0.750. The minimum absolute atomic E-state index is 0.187. The lowest BCUT2D eigenvalue weighted by Gasteiger charge is -2.21. The molecule has 5 nitrogen and oxygen atoms in total. The smallest absolute Gasteiger partial charge is 0.378 e. The Kier molecular flexibility index (Phi) is 9.20. The predicted octanol–water partition coefficient (Wildman–Crippen LogP) is 3.32. The summed E-state index contributed by atoms with van der Waals surface area (Å²) in [6, 6.07) is 0. The normalized spacial score (nSPS) is 14.0. The van der Waals surface area contributed by atoms with Crippen molar-refractivity contribution < 1.29 is 17.9 Å². The summed E-state index contributed by atoms with van der Waals surface area (Å²) in [5.74, 6) is 1.05. The second-order valence-electron chi connectivity index (χ2n) is 5.83. The number of nitrogens with one attached hydrogen (secondary N) is 2. The van der Waals surface area contributed by atoms with Crippen molar-refractivity contribution in [2.24, 2.45) is 10.9 Å². The van der Waals surface area contributed by atoms with Crippen molar-refractivity contribution in [3.63, 3.8) is 0 Å². The van der Waals surface area contributed by atoms with Gasteiger partial charge in [-0.15, -0.1) is 11.3 Å². The highest BCUT2D eigenvalue weighted by Gasteiger charge is 2.33. The van der Waals surface area contributed by atoms with E-state index in [9.17, 15) is 13.2 Å². The zero-order chi connectivity index (χ0) is 18.9. The Morgan fingerprint density at radius 1 is 1.32 bits per heavy atom. The number of alkyl halides is 3. The summed E-state index contributed by atoms with van der Waals surface area (Å²) >= 11 is 1.02. The number of aliphatic imine (C=N–C) groups is 1. The number of rotatable bonds is 9. The van der Waals surface area contributed by atoms with Crippen molar-refractivity contribution in [3.8, 4) is 0 Å². The molecule has 0 aromatic carbocycles. The molecular formula is C16H27F3N4OS. The summed E-state index contributed by atoms with van der Waals surface area (Å²) in [5, 5.41) is 7.77. The van der Waals surface area contributed by atoms with Gasteiger partial charge in [-0.2, -0.15) is 13.2 Å². The first-order valence-electron chi connectivity index (χ1n) is 8.35. The van der Waals surface area contributed by atoms with E-state index >= 15 is 0 Å². The van der Waals surface area contributed by atoms with Crippen LogP contribution in [0.4, 0.5) is 13.2 Å². The van der Waals surface area contributed by atoms with Crippen LogP contribution in [-0.2, 0) is 17.3 Å². The Morgan fingerprint density at radius 2 is 2.00 bits per heavy atom. The first kappa shape index (κ1) is 21.7. The fourth-order valence-corrected chi connectivity index (χ4v) is 3.03. The van der Waals surface area contributed by atoms with Gasteiger partial charge in [-0.25, -0.2) is 4.98 Å². The summed E-state index contributed by atoms with van der Waals surface area (Å²) in [4.78, 5) is 7.71. The largest absolute Gasteiger partial charge is 0.434 e. The topological polar surface area (TPSA) is 58.5 Å². The van der Waals surface area contributed by atoms with Crippen LogP contribution in [0.1, 0.15) is 37.9 Å². The van der Waals surface area contributed by atoms with Crippen molar-refractivity contribution in [2.45, 2.75) is 45.9 Å². The van der Waals surface area contributed by atoms with Gasteiger partial charge in [0.25, 0.3) is 0 Å². The third-order valence-corrected chi connectivity index (χ3v) is 4.45. The Labute approximate surface area is 151 Å². The van der Waals surface area contributed by atoms with E-state index < -0.39 is 11.9 Å². The minimum atomic E-state index is -4.38. The molecule has 1 unspecified atom stereocenters. The van der Waals surface area contributed by atoms with Crippen LogP contribution in [0.25, 0.3) is 0 Å².